The van der Waals surface area contributed by atoms with Crippen molar-refractivity contribution < 1.29 is 24.5 Å². The van der Waals surface area contributed by atoms with E-state index in [4.69, 9.17) is 9.84 Å². The molecule has 6 heteroatoms. The smallest absolute Gasteiger partial charge is 0.341 e. The summed E-state index contributed by atoms with van der Waals surface area (Å²) in [5.74, 6) is -1.81. The monoisotopic (exact) mass is 357 g/mol. The molecular weight excluding hydrogens is 334 g/mol. The van der Waals surface area contributed by atoms with E-state index in [0.717, 1.165) is 0 Å². The first-order valence-corrected chi connectivity index (χ1v) is 8.32. The van der Waals surface area contributed by atoms with Crippen LogP contribution >= 0.6 is 0 Å². The molecule has 1 heterocycles. The van der Waals surface area contributed by atoms with Gasteiger partial charge >= 0.3 is 11.9 Å². The Kier molecular flexibility index (Phi) is 5.77. The number of hydrogen-bond acceptors (Lipinski definition) is 5. The highest BCUT2D eigenvalue weighted by molar-refractivity contribution is 6.06. The van der Waals surface area contributed by atoms with Crippen LogP contribution in [0.15, 0.2) is 30.3 Å². The van der Waals surface area contributed by atoms with E-state index < -0.39 is 17.5 Å². The number of ether oxygens (including phenoxy) is 1. The normalized spacial score (nSPS) is 11.3. The van der Waals surface area contributed by atoms with Crippen LogP contribution in [0.1, 0.15) is 52.4 Å². The van der Waals surface area contributed by atoms with Gasteiger partial charge in [0, 0.05) is 18.6 Å². The Morgan fingerprint density at radius 3 is 2.19 bits per heavy atom. The van der Waals surface area contributed by atoms with E-state index in [0.29, 0.717) is 22.5 Å². The Labute approximate surface area is 152 Å². The number of nitrogens with zero attached hydrogens (tertiary/aromatic N) is 1. The number of hydrogen-bond donors (Lipinski definition) is 2. The standard InChI is InChI=1S/C20H23NO5/c1-12-15(18(23)24)17(14-8-6-5-7-9-14)16(13(2)21-12)19(25)26-20(3,4)10-11-22/h5-9,22H,10-11H2,1-4H3,(H,23,24). The lowest BCUT2D eigenvalue weighted by Gasteiger charge is -2.25. The summed E-state index contributed by atoms with van der Waals surface area (Å²) in [4.78, 5) is 29.0. The molecule has 0 unspecified atom stereocenters. The molecule has 0 aliphatic rings. The highest BCUT2D eigenvalue weighted by Gasteiger charge is 2.30. The Bertz CT molecular complexity index is 828. The van der Waals surface area contributed by atoms with Crippen molar-refractivity contribution in [3.8, 4) is 11.1 Å². The van der Waals surface area contributed by atoms with E-state index >= 15 is 0 Å². The molecule has 0 spiro atoms. The maximum Gasteiger partial charge on any atom is 0.341 e. The molecule has 0 fully saturated rings. The van der Waals surface area contributed by atoms with Crippen molar-refractivity contribution in [2.24, 2.45) is 0 Å². The summed E-state index contributed by atoms with van der Waals surface area (Å²) < 4.78 is 5.55. The van der Waals surface area contributed by atoms with Gasteiger partial charge in [0.2, 0.25) is 0 Å². The first-order chi connectivity index (χ1) is 12.2. The van der Waals surface area contributed by atoms with Crippen LogP contribution in [0.3, 0.4) is 0 Å². The number of pyridine rings is 1. The average Bonchev–Trinajstić information content (AvgIpc) is 2.53. The molecule has 0 amide bonds. The van der Waals surface area contributed by atoms with Gasteiger partial charge in [-0.1, -0.05) is 30.3 Å². The van der Waals surface area contributed by atoms with Gasteiger partial charge < -0.3 is 14.9 Å². The van der Waals surface area contributed by atoms with Crippen LogP contribution in [0.4, 0.5) is 0 Å². The zero-order chi connectivity index (χ0) is 19.5. The lowest BCUT2D eigenvalue weighted by Crippen LogP contribution is -2.30. The third-order valence-electron chi connectivity index (χ3n) is 4.12. The Hall–Kier alpha value is -2.73. The molecule has 0 radical (unpaired) electrons. The second-order valence-electron chi connectivity index (χ2n) is 6.70. The number of aryl methyl sites for hydroxylation is 2. The number of carboxylic acid groups (broad SMARTS) is 1. The molecule has 0 saturated carbocycles. The van der Waals surface area contributed by atoms with Crippen LogP contribution in [0.5, 0.6) is 0 Å². The van der Waals surface area contributed by atoms with Gasteiger partial charge in [0.15, 0.2) is 0 Å². The van der Waals surface area contributed by atoms with E-state index in [1.807, 2.05) is 6.07 Å². The van der Waals surface area contributed by atoms with Gasteiger partial charge in [-0.25, -0.2) is 9.59 Å². The van der Waals surface area contributed by atoms with Crippen LogP contribution in [-0.2, 0) is 4.74 Å². The first kappa shape index (κ1) is 19.6. The minimum Gasteiger partial charge on any atom is -0.478 e. The molecule has 1 aromatic heterocycles. The molecule has 2 N–H and O–H groups in total. The zero-order valence-corrected chi connectivity index (χ0v) is 15.4. The largest absolute Gasteiger partial charge is 0.478 e. The number of aliphatic hydroxyl groups is 1. The van der Waals surface area contributed by atoms with E-state index in [1.54, 1.807) is 52.0 Å². The summed E-state index contributed by atoms with van der Waals surface area (Å²) in [6.07, 6.45) is 0.267. The number of carbonyl (C=O) groups excluding carboxylic acids is 1. The second kappa shape index (κ2) is 7.66. The average molecular weight is 357 g/mol. The maximum atomic E-state index is 12.9. The van der Waals surface area contributed by atoms with E-state index in [2.05, 4.69) is 4.98 Å². The quantitative estimate of drug-likeness (QED) is 0.769. The van der Waals surface area contributed by atoms with E-state index in [1.165, 1.54) is 0 Å². The van der Waals surface area contributed by atoms with Gasteiger partial charge in [0.1, 0.15) is 5.60 Å². The van der Waals surface area contributed by atoms with Crippen LogP contribution in [-0.4, -0.2) is 39.3 Å². The van der Waals surface area contributed by atoms with Gasteiger partial charge in [-0.15, -0.1) is 0 Å². The van der Waals surface area contributed by atoms with Gasteiger partial charge in [-0.05, 0) is 33.3 Å². The molecule has 138 valence electrons. The van der Waals surface area contributed by atoms with Crippen molar-refractivity contribution in [2.75, 3.05) is 6.61 Å². The summed E-state index contributed by atoms with van der Waals surface area (Å²) in [6, 6.07) is 8.85. The number of carboxylic acids is 1. The third kappa shape index (κ3) is 4.08. The maximum absolute atomic E-state index is 12.9. The fourth-order valence-corrected chi connectivity index (χ4v) is 2.88. The highest BCUT2D eigenvalue weighted by Crippen LogP contribution is 2.33. The minimum absolute atomic E-state index is 0.0197. The number of benzene rings is 1. The third-order valence-corrected chi connectivity index (χ3v) is 4.12. The lowest BCUT2D eigenvalue weighted by atomic mass is 9.92. The Balaban J connectivity index is 2.71. The number of carbonyl (C=O) groups is 2. The lowest BCUT2D eigenvalue weighted by molar-refractivity contribution is -0.0106. The predicted octanol–water partition coefficient (Wildman–Crippen LogP) is 3.38. The number of aliphatic hydroxyl groups excluding tert-OH is 1. The van der Waals surface area contributed by atoms with E-state index in [-0.39, 0.29) is 24.2 Å². The molecule has 6 nitrogen and oxygen atoms in total. The summed E-state index contributed by atoms with van der Waals surface area (Å²) in [5, 5.41) is 18.8. The molecule has 26 heavy (non-hydrogen) atoms. The van der Waals surface area contributed by atoms with Gasteiger partial charge in [-0.3, -0.25) is 4.98 Å². The number of esters is 1. The summed E-state index contributed by atoms with van der Waals surface area (Å²) in [7, 11) is 0. The number of aromatic carboxylic acids is 1. The molecule has 0 aliphatic heterocycles. The van der Waals surface area contributed by atoms with Crippen molar-refractivity contribution >= 4 is 11.9 Å². The molecule has 2 aromatic rings. The van der Waals surface area contributed by atoms with Gasteiger partial charge in [0.05, 0.1) is 22.5 Å². The second-order valence-corrected chi connectivity index (χ2v) is 6.70. The topological polar surface area (TPSA) is 96.7 Å². The van der Waals surface area contributed by atoms with Crippen molar-refractivity contribution in [1.82, 2.24) is 4.98 Å². The molecule has 0 bridgehead atoms. The predicted molar refractivity (Wildman–Crippen MR) is 97.3 cm³/mol. The molecule has 2 rings (SSSR count). The van der Waals surface area contributed by atoms with Crippen molar-refractivity contribution in [1.29, 1.82) is 0 Å². The molecule has 0 atom stereocenters. The van der Waals surface area contributed by atoms with Crippen molar-refractivity contribution in [3.05, 3.63) is 52.8 Å². The Morgan fingerprint density at radius 1 is 1.08 bits per heavy atom. The highest BCUT2D eigenvalue weighted by atomic mass is 16.6. The summed E-state index contributed by atoms with van der Waals surface area (Å²) >= 11 is 0. The van der Waals surface area contributed by atoms with E-state index in [9.17, 15) is 14.7 Å². The SMILES string of the molecule is Cc1nc(C)c(C(=O)OC(C)(C)CCO)c(-c2ccccc2)c1C(=O)O. The molecule has 0 saturated heterocycles. The summed E-state index contributed by atoms with van der Waals surface area (Å²) in [6.45, 7) is 6.52. The van der Waals surface area contributed by atoms with Crippen molar-refractivity contribution in [2.45, 2.75) is 39.7 Å². The van der Waals surface area contributed by atoms with Crippen LogP contribution in [0, 0.1) is 13.8 Å². The van der Waals surface area contributed by atoms with Gasteiger partial charge in [-0.2, -0.15) is 0 Å². The van der Waals surface area contributed by atoms with Crippen LogP contribution in [0.2, 0.25) is 0 Å². The zero-order valence-electron chi connectivity index (χ0n) is 15.4. The van der Waals surface area contributed by atoms with Crippen LogP contribution < -0.4 is 0 Å². The van der Waals surface area contributed by atoms with Gasteiger partial charge in [0.25, 0.3) is 0 Å². The fourth-order valence-electron chi connectivity index (χ4n) is 2.88. The first-order valence-electron chi connectivity index (χ1n) is 8.32. The summed E-state index contributed by atoms with van der Waals surface area (Å²) in [5.41, 5.74) is 0.856. The number of aromatic nitrogens is 1. The van der Waals surface area contributed by atoms with Crippen molar-refractivity contribution in [3.63, 3.8) is 0 Å². The minimum atomic E-state index is -1.16. The molecular formula is C20H23NO5. The van der Waals surface area contributed by atoms with Crippen LogP contribution in [0.25, 0.3) is 11.1 Å². The Morgan fingerprint density at radius 2 is 1.65 bits per heavy atom. The fraction of sp³-hybridized carbons (Fsp3) is 0.350. The molecule has 0 aliphatic carbocycles. The molecule has 1 aromatic carbocycles. The number of rotatable bonds is 6.